The van der Waals surface area contributed by atoms with E-state index in [1.165, 1.54) is 10.6 Å². The number of hydrogen-bond acceptors (Lipinski definition) is 5. The molecule has 0 radical (unpaired) electrons. The Bertz CT molecular complexity index is 906. The van der Waals surface area contributed by atoms with Gasteiger partial charge in [-0.05, 0) is 47.9 Å². The Hall–Kier alpha value is -2.54. The van der Waals surface area contributed by atoms with E-state index >= 15 is 0 Å². The lowest BCUT2D eigenvalue weighted by atomic mass is 10.1. The number of esters is 1. The number of sulfonamides is 1. The van der Waals surface area contributed by atoms with Gasteiger partial charge in [-0.2, -0.15) is 0 Å². The summed E-state index contributed by atoms with van der Waals surface area (Å²) in [5.74, 6) is 0.381. The Labute approximate surface area is 153 Å². The SMILES string of the molecule is COc1ccc(CCOC(=O)c2ccc3c(c2)CCN3S(C)(=O)=O)cc1. The zero-order valence-corrected chi connectivity index (χ0v) is 15.6. The predicted molar refractivity (Wildman–Crippen MR) is 99.3 cm³/mol. The molecule has 0 unspecified atom stereocenters. The van der Waals surface area contributed by atoms with Gasteiger partial charge >= 0.3 is 5.97 Å². The highest BCUT2D eigenvalue weighted by Crippen LogP contribution is 2.30. The third kappa shape index (κ3) is 3.99. The summed E-state index contributed by atoms with van der Waals surface area (Å²) < 4.78 is 35.3. The third-order valence-corrected chi connectivity index (χ3v) is 5.53. The van der Waals surface area contributed by atoms with Gasteiger partial charge in [-0.3, -0.25) is 4.31 Å². The van der Waals surface area contributed by atoms with Crippen molar-refractivity contribution < 1.29 is 22.7 Å². The van der Waals surface area contributed by atoms with Crippen LogP contribution in [-0.4, -0.2) is 40.9 Å². The second-order valence-electron chi connectivity index (χ2n) is 6.16. The molecule has 7 heteroatoms. The summed E-state index contributed by atoms with van der Waals surface area (Å²) in [5, 5.41) is 0. The van der Waals surface area contributed by atoms with Crippen molar-refractivity contribution in [2.75, 3.05) is 30.8 Å². The second kappa shape index (κ2) is 7.37. The molecule has 2 aromatic rings. The molecule has 2 aromatic carbocycles. The van der Waals surface area contributed by atoms with Crippen LogP contribution in [0.4, 0.5) is 5.69 Å². The first-order valence-corrected chi connectivity index (χ1v) is 10.1. The first-order chi connectivity index (χ1) is 12.4. The summed E-state index contributed by atoms with van der Waals surface area (Å²) in [6, 6.07) is 12.6. The normalized spacial score (nSPS) is 13.4. The number of anilines is 1. The molecule has 0 saturated carbocycles. The first kappa shape index (κ1) is 18.3. The molecule has 1 aliphatic rings. The summed E-state index contributed by atoms with van der Waals surface area (Å²) in [6.45, 7) is 0.682. The van der Waals surface area contributed by atoms with Crippen molar-refractivity contribution in [2.45, 2.75) is 12.8 Å². The molecule has 0 atom stereocenters. The highest BCUT2D eigenvalue weighted by molar-refractivity contribution is 7.92. The summed E-state index contributed by atoms with van der Waals surface area (Å²) in [5.41, 5.74) is 2.98. The van der Waals surface area contributed by atoms with Gasteiger partial charge in [0, 0.05) is 13.0 Å². The number of carbonyl (C=O) groups is 1. The standard InChI is InChI=1S/C19H21NO5S/c1-24-17-6-3-14(4-7-17)10-12-25-19(21)16-5-8-18-15(13-16)9-11-20(18)26(2,22)23/h3-8,13H,9-12H2,1-2H3. The number of methoxy groups -OCH3 is 1. The van der Waals surface area contributed by atoms with Crippen LogP contribution in [-0.2, 0) is 27.6 Å². The fraction of sp³-hybridized carbons (Fsp3) is 0.316. The van der Waals surface area contributed by atoms with Crippen molar-refractivity contribution in [1.29, 1.82) is 0 Å². The van der Waals surface area contributed by atoms with Crippen LogP contribution in [0, 0.1) is 0 Å². The van der Waals surface area contributed by atoms with Gasteiger partial charge in [-0.25, -0.2) is 13.2 Å². The van der Waals surface area contributed by atoms with E-state index in [9.17, 15) is 13.2 Å². The van der Waals surface area contributed by atoms with Crippen molar-refractivity contribution in [2.24, 2.45) is 0 Å². The van der Waals surface area contributed by atoms with Crippen molar-refractivity contribution in [3.8, 4) is 5.75 Å². The van der Waals surface area contributed by atoms with Gasteiger partial charge in [0.1, 0.15) is 5.75 Å². The van der Waals surface area contributed by atoms with Crippen molar-refractivity contribution in [3.05, 3.63) is 59.2 Å². The maximum Gasteiger partial charge on any atom is 0.338 e. The number of nitrogens with zero attached hydrogens (tertiary/aromatic N) is 1. The van der Waals surface area contributed by atoms with E-state index in [1.807, 2.05) is 24.3 Å². The van der Waals surface area contributed by atoms with Crippen LogP contribution >= 0.6 is 0 Å². The molecule has 0 bridgehead atoms. The van der Waals surface area contributed by atoms with Crippen LogP contribution in [0.25, 0.3) is 0 Å². The largest absolute Gasteiger partial charge is 0.497 e. The van der Waals surface area contributed by atoms with Crippen LogP contribution in [0.5, 0.6) is 5.75 Å². The minimum absolute atomic E-state index is 0.276. The molecule has 0 aromatic heterocycles. The van der Waals surface area contributed by atoms with Crippen molar-refractivity contribution >= 4 is 21.7 Å². The Morgan fingerprint density at radius 3 is 2.54 bits per heavy atom. The van der Waals surface area contributed by atoms with Crippen LogP contribution in [0.2, 0.25) is 0 Å². The van der Waals surface area contributed by atoms with E-state index in [4.69, 9.17) is 9.47 Å². The van der Waals surface area contributed by atoms with Gasteiger partial charge in [0.15, 0.2) is 0 Å². The molecular formula is C19H21NO5S. The highest BCUT2D eigenvalue weighted by atomic mass is 32.2. The molecule has 0 saturated heterocycles. The highest BCUT2D eigenvalue weighted by Gasteiger charge is 2.26. The average Bonchev–Trinajstić information content (AvgIpc) is 3.05. The molecule has 0 aliphatic carbocycles. The number of hydrogen-bond donors (Lipinski definition) is 0. The molecule has 0 N–H and O–H groups in total. The zero-order valence-electron chi connectivity index (χ0n) is 14.8. The Morgan fingerprint density at radius 1 is 1.15 bits per heavy atom. The zero-order chi connectivity index (χ0) is 18.7. The summed E-state index contributed by atoms with van der Waals surface area (Å²) >= 11 is 0. The number of carbonyl (C=O) groups excluding carboxylic acids is 1. The van der Waals surface area contributed by atoms with Gasteiger partial charge in [0.05, 0.1) is 31.2 Å². The average molecular weight is 375 g/mol. The van der Waals surface area contributed by atoms with E-state index in [-0.39, 0.29) is 6.61 Å². The van der Waals surface area contributed by atoms with E-state index in [0.29, 0.717) is 30.6 Å². The number of ether oxygens (including phenoxy) is 2. The van der Waals surface area contributed by atoms with Crippen molar-refractivity contribution in [3.63, 3.8) is 0 Å². The third-order valence-electron chi connectivity index (χ3n) is 4.35. The quantitative estimate of drug-likeness (QED) is 0.725. The molecule has 1 aliphatic heterocycles. The van der Waals surface area contributed by atoms with Gasteiger partial charge in [-0.1, -0.05) is 12.1 Å². The van der Waals surface area contributed by atoms with Crippen molar-refractivity contribution in [1.82, 2.24) is 0 Å². The fourth-order valence-electron chi connectivity index (χ4n) is 2.98. The van der Waals surface area contributed by atoms with E-state index in [1.54, 1.807) is 25.3 Å². The Morgan fingerprint density at radius 2 is 1.88 bits per heavy atom. The molecule has 0 fully saturated rings. The van der Waals surface area contributed by atoms with Gasteiger partial charge in [0.2, 0.25) is 10.0 Å². The molecule has 0 spiro atoms. The monoisotopic (exact) mass is 375 g/mol. The molecular weight excluding hydrogens is 354 g/mol. The summed E-state index contributed by atoms with van der Waals surface area (Å²) in [6.07, 6.45) is 2.39. The smallest absolute Gasteiger partial charge is 0.338 e. The number of benzene rings is 2. The van der Waals surface area contributed by atoms with Crippen LogP contribution in [0.15, 0.2) is 42.5 Å². The second-order valence-corrected chi connectivity index (χ2v) is 8.07. The van der Waals surface area contributed by atoms with E-state index < -0.39 is 16.0 Å². The van der Waals surface area contributed by atoms with Crippen LogP contribution < -0.4 is 9.04 Å². The first-order valence-electron chi connectivity index (χ1n) is 8.29. The summed E-state index contributed by atoms with van der Waals surface area (Å²) in [4.78, 5) is 12.2. The van der Waals surface area contributed by atoms with Crippen LogP contribution in [0.3, 0.4) is 0 Å². The maximum absolute atomic E-state index is 12.2. The molecule has 6 nitrogen and oxygen atoms in total. The number of fused-ring (bicyclic) bond motifs is 1. The number of rotatable bonds is 6. The van der Waals surface area contributed by atoms with E-state index in [2.05, 4.69) is 0 Å². The molecule has 138 valence electrons. The molecule has 0 amide bonds. The lowest BCUT2D eigenvalue weighted by molar-refractivity contribution is 0.0509. The maximum atomic E-state index is 12.2. The van der Waals surface area contributed by atoms with Gasteiger partial charge in [-0.15, -0.1) is 0 Å². The minimum atomic E-state index is -3.29. The van der Waals surface area contributed by atoms with Crippen LogP contribution in [0.1, 0.15) is 21.5 Å². The predicted octanol–water partition coefficient (Wildman–Crippen LogP) is 2.42. The van der Waals surface area contributed by atoms with E-state index in [0.717, 1.165) is 16.9 Å². The molecule has 1 heterocycles. The topological polar surface area (TPSA) is 72.9 Å². The molecule has 26 heavy (non-hydrogen) atoms. The minimum Gasteiger partial charge on any atom is -0.497 e. The summed E-state index contributed by atoms with van der Waals surface area (Å²) in [7, 11) is -1.68. The lowest BCUT2D eigenvalue weighted by Crippen LogP contribution is -2.27. The molecule has 3 rings (SSSR count). The fourth-order valence-corrected chi connectivity index (χ4v) is 3.94. The van der Waals surface area contributed by atoms with Gasteiger partial charge in [0.25, 0.3) is 0 Å². The Balaban J connectivity index is 1.60. The van der Waals surface area contributed by atoms with Gasteiger partial charge < -0.3 is 9.47 Å². The lowest BCUT2D eigenvalue weighted by Gasteiger charge is -2.16. The Kier molecular flexibility index (Phi) is 5.18.